The van der Waals surface area contributed by atoms with Crippen molar-refractivity contribution >= 4 is 11.6 Å². The molecule has 1 N–H and O–H groups in total. The van der Waals surface area contributed by atoms with Gasteiger partial charge >= 0.3 is 6.36 Å². The molecular formula is C13H9ClF3NO2. The highest BCUT2D eigenvalue weighted by atomic mass is 35.5. The summed E-state index contributed by atoms with van der Waals surface area (Å²) >= 11 is 5.83. The summed E-state index contributed by atoms with van der Waals surface area (Å²) in [5.74, 6) is -0.361. The molecule has 1 heterocycles. The van der Waals surface area contributed by atoms with E-state index in [4.69, 9.17) is 16.7 Å². The smallest absolute Gasteiger partial charge is 0.405 e. The third-order valence-corrected chi connectivity index (χ3v) is 2.81. The highest BCUT2D eigenvalue weighted by molar-refractivity contribution is 6.30. The third-order valence-electron chi connectivity index (χ3n) is 2.49. The van der Waals surface area contributed by atoms with E-state index in [1.165, 1.54) is 30.3 Å². The predicted molar refractivity (Wildman–Crippen MR) is 67.3 cm³/mol. The second-order valence-electron chi connectivity index (χ2n) is 3.85. The Labute approximate surface area is 117 Å². The maximum Gasteiger partial charge on any atom is 0.573 e. The normalized spacial score (nSPS) is 11.4. The van der Waals surface area contributed by atoms with Crippen molar-refractivity contribution < 1.29 is 23.0 Å². The number of benzene rings is 1. The maximum atomic E-state index is 12.3. The van der Waals surface area contributed by atoms with Crippen molar-refractivity contribution in [3.05, 3.63) is 47.1 Å². The summed E-state index contributed by atoms with van der Waals surface area (Å²) in [7, 11) is 0. The highest BCUT2D eigenvalue weighted by Gasteiger charge is 2.32. The van der Waals surface area contributed by atoms with E-state index in [0.29, 0.717) is 5.56 Å². The molecule has 1 aromatic carbocycles. The lowest BCUT2D eigenvalue weighted by atomic mass is 10.1. The van der Waals surface area contributed by atoms with Crippen LogP contribution >= 0.6 is 11.6 Å². The molecule has 0 bridgehead atoms. The SMILES string of the molecule is OCc1ccc(-c2ccccc2OC(F)(F)F)nc1Cl. The van der Waals surface area contributed by atoms with Gasteiger partial charge in [-0.1, -0.05) is 29.8 Å². The fourth-order valence-corrected chi connectivity index (χ4v) is 1.84. The van der Waals surface area contributed by atoms with Crippen molar-refractivity contribution in [1.82, 2.24) is 4.98 Å². The van der Waals surface area contributed by atoms with Gasteiger partial charge < -0.3 is 9.84 Å². The number of aliphatic hydroxyl groups is 1. The first-order valence-corrected chi connectivity index (χ1v) is 5.90. The zero-order valence-electron chi connectivity index (χ0n) is 9.99. The number of halogens is 4. The largest absolute Gasteiger partial charge is 0.573 e. The molecule has 0 unspecified atom stereocenters. The lowest BCUT2D eigenvalue weighted by Crippen LogP contribution is -2.17. The molecule has 2 aromatic rings. The molecule has 0 saturated heterocycles. The van der Waals surface area contributed by atoms with E-state index in [1.807, 2.05) is 0 Å². The van der Waals surface area contributed by atoms with Crippen LogP contribution in [0.15, 0.2) is 36.4 Å². The van der Waals surface area contributed by atoms with E-state index in [2.05, 4.69) is 9.72 Å². The van der Waals surface area contributed by atoms with Crippen LogP contribution in [0.25, 0.3) is 11.3 Å². The molecule has 0 fully saturated rings. The minimum atomic E-state index is -4.79. The second-order valence-corrected chi connectivity index (χ2v) is 4.21. The Kier molecular flexibility index (Phi) is 4.15. The molecule has 20 heavy (non-hydrogen) atoms. The Morgan fingerprint density at radius 3 is 2.45 bits per heavy atom. The van der Waals surface area contributed by atoms with Gasteiger partial charge in [0.05, 0.1) is 12.3 Å². The Bertz CT molecular complexity index is 617. The topological polar surface area (TPSA) is 42.4 Å². The van der Waals surface area contributed by atoms with Gasteiger partial charge in [-0.15, -0.1) is 13.2 Å². The minimum absolute atomic E-state index is 0.0341. The highest BCUT2D eigenvalue weighted by Crippen LogP contribution is 2.33. The van der Waals surface area contributed by atoms with Gasteiger partial charge in [0.15, 0.2) is 0 Å². The van der Waals surface area contributed by atoms with Gasteiger partial charge in [0.25, 0.3) is 0 Å². The minimum Gasteiger partial charge on any atom is -0.405 e. The van der Waals surface area contributed by atoms with Crippen molar-refractivity contribution in [2.24, 2.45) is 0 Å². The molecule has 0 aliphatic heterocycles. The molecule has 7 heteroatoms. The quantitative estimate of drug-likeness (QED) is 0.877. The van der Waals surface area contributed by atoms with E-state index in [1.54, 1.807) is 6.07 Å². The van der Waals surface area contributed by atoms with Crippen molar-refractivity contribution in [2.45, 2.75) is 13.0 Å². The first-order valence-electron chi connectivity index (χ1n) is 5.52. The van der Waals surface area contributed by atoms with Gasteiger partial charge in [-0.2, -0.15) is 0 Å². The van der Waals surface area contributed by atoms with Gasteiger partial charge in [-0.3, -0.25) is 0 Å². The standard InChI is InChI=1S/C13H9ClF3NO2/c14-12-8(7-19)5-6-10(18-12)9-3-1-2-4-11(9)20-13(15,16)17/h1-6,19H,7H2. The number of ether oxygens (including phenoxy) is 1. The number of para-hydroxylation sites is 1. The van der Waals surface area contributed by atoms with E-state index in [9.17, 15) is 13.2 Å². The van der Waals surface area contributed by atoms with Crippen LogP contribution in [0, 0.1) is 0 Å². The number of rotatable bonds is 3. The number of hydrogen-bond acceptors (Lipinski definition) is 3. The number of nitrogens with zero attached hydrogens (tertiary/aromatic N) is 1. The van der Waals surface area contributed by atoms with E-state index in [0.717, 1.165) is 0 Å². The van der Waals surface area contributed by atoms with Crippen LogP contribution < -0.4 is 4.74 Å². The van der Waals surface area contributed by atoms with Crippen LogP contribution in [0.2, 0.25) is 5.15 Å². The fourth-order valence-electron chi connectivity index (χ4n) is 1.62. The number of pyridine rings is 1. The molecule has 106 valence electrons. The van der Waals surface area contributed by atoms with Crippen molar-refractivity contribution in [1.29, 1.82) is 0 Å². The summed E-state index contributed by atoms with van der Waals surface area (Å²) in [6, 6.07) is 8.59. The van der Waals surface area contributed by atoms with E-state index < -0.39 is 6.36 Å². The maximum absolute atomic E-state index is 12.3. The van der Waals surface area contributed by atoms with Crippen LogP contribution in [-0.4, -0.2) is 16.5 Å². The number of hydrogen-bond donors (Lipinski definition) is 1. The average Bonchev–Trinajstić information content (AvgIpc) is 2.37. The predicted octanol–water partition coefficient (Wildman–Crippen LogP) is 3.79. The summed E-state index contributed by atoms with van der Waals surface area (Å²) in [4.78, 5) is 3.96. The van der Waals surface area contributed by atoms with Crippen molar-refractivity contribution in [3.8, 4) is 17.0 Å². The van der Waals surface area contributed by atoms with Crippen LogP contribution in [-0.2, 0) is 6.61 Å². The lowest BCUT2D eigenvalue weighted by Gasteiger charge is -2.13. The van der Waals surface area contributed by atoms with Crippen molar-refractivity contribution in [3.63, 3.8) is 0 Å². The van der Waals surface area contributed by atoms with Crippen LogP contribution in [0.3, 0.4) is 0 Å². The van der Waals surface area contributed by atoms with Gasteiger partial charge in [-0.05, 0) is 18.2 Å². The molecule has 0 spiro atoms. The van der Waals surface area contributed by atoms with Crippen LogP contribution in [0.4, 0.5) is 13.2 Å². The van der Waals surface area contributed by atoms with Gasteiger partial charge in [0.2, 0.25) is 0 Å². The molecule has 3 nitrogen and oxygen atoms in total. The Hall–Kier alpha value is -1.79. The fraction of sp³-hybridized carbons (Fsp3) is 0.154. The Morgan fingerprint density at radius 1 is 1.15 bits per heavy atom. The van der Waals surface area contributed by atoms with Gasteiger partial charge in [0, 0.05) is 11.1 Å². The molecule has 0 atom stereocenters. The molecule has 0 amide bonds. The lowest BCUT2D eigenvalue weighted by molar-refractivity contribution is -0.274. The first kappa shape index (κ1) is 14.6. The molecule has 0 aliphatic carbocycles. The number of aromatic nitrogens is 1. The molecule has 2 rings (SSSR count). The summed E-state index contributed by atoms with van der Waals surface area (Å²) in [5.41, 5.74) is 0.785. The Morgan fingerprint density at radius 2 is 1.85 bits per heavy atom. The van der Waals surface area contributed by atoms with E-state index >= 15 is 0 Å². The van der Waals surface area contributed by atoms with Gasteiger partial charge in [0.1, 0.15) is 10.9 Å². The molecule has 1 aromatic heterocycles. The summed E-state index contributed by atoms with van der Waals surface area (Å²) < 4.78 is 41.0. The summed E-state index contributed by atoms with van der Waals surface area (Å²) in [6.45, 7) is -0.299. The van der Waals surface area contributed by atoms with Gasteiger partial charge in [-0.25, -0.2) is 4.98 Å². The first-order chi connectivity index (χ1) is 9.40. The zero-order valence-corrected chi connectivity index (χ0v) is 10.7. The second kappa shape index (κ2) is 5.68. The number of aliphatic hydroxyl groups excluding tert-OH is 1. The average molecular weight is 304 g/mol. The summed E-state index contributed by atoms with van der Waals surface area (Å²) in [5, 5.41) is 9.02. The Balaban J connectivity index is 2.45. The summed E-state index contributed by atoms with van der Waals surface area (Å²) in [6.07, 6.45) is -4.79. The van der Waals surface area contributed by atoms with Crippen LogP contribution in [0.1, 0.15) is 5.56 Å². The molecule has 0 saturated carbocycles. The molecule has 0 aliphatic rings. The molecule has 0 radical (unpaired) electrons. The monoisotopic (exact) mass is 303 g/mol. The third kappa shape index (κ3) is 3.40. The van der Waals surface area contributed by atoms with Crippen molar-refractivity contribution in [2.75, 3.05) is 0 Å². The molecular weight excluding hydrogens is 295 g/mol. The zero-order chi connectivity index (χ0) is 14.8. The van der Waals surface area contributed by atoms with Crippen LogP contribution in [0.5, 0.6) is 5.75 Å². The van der Waals surface area contributed by atoms with E-state index in [-0.39, 0.29) is 28.8 Å². The number of alkyl halides is 3.